The second-order valence-corrected chi connectivity index (χ2v) is 7.11. The Balaban J connectivity index is 3.45. The summed E-state index contributed by atoms with van der Waals surface area (Å²) in [5.41, 5.74) is 4.50. The molecule has 0 saturated carbocycles. The van der Waals surface area contributed by atoms with Crippen LogP contribution in [-0.4, -0.2) is 0 Å². The van der Waals surface area contributed by atoms with Crippen LogP contribution in [0.3, 0.4) is 0 Å². The number of benzene rings is 1. The monoisotopic (exact) mass is 236 g/mol. The number of thiol groups is 1. The molecule has 1 rings (SSSR count). The van der Waals surface area contributed by atoms with Gasteiger partial charge in [0.1, 0.15) is 0 Å². The molecule has 0 bridgehead atoms. The van der Waals surface area contributed by atoms with Gasteiger partial charge in [-0.3, -0.25) is 0 Å². The van der Waals surface area contributed by atoms with Crippen molar-refractivity contribution in [3.63, 3.8) is 0 Å². The topological polar surface area (TPSA) is 0 Å². The van der Waals surface area contributed by atoms with E-state index in [1.165, 1.54) is 16.7 Å². The summed E-state index contributed by atoms with van der Waals surface area (Å²) in [4.78, 5) is 0. The number of hydrogen-bond acceptors (Lipinski definition) is 1. The first-order valence-electron chi connectivity index (χ1n) is 6.03. The van der Waals surface area contributed by atoms with Gasteiger partial charge >= 0.3 is 0 Å². The minimum atomic E-state index is -0.0629. The van der Waals surface area contributed by atoms with Gasteiger partial charge in [-0.05, 0) is 42.4 Å². The Kier molecular flexibility index (Phi) is 3.79. The van der Waals surface area contributed by atoms with Crippen molar-refractivity contribution in [1.82, 2.24) is 0 Å². The lowest BCUT2D eigenvalue weighted by Crippen LogP contribution is -2.19. The van der Waals surface area contributed by atoms with Crippen molar-refractivity contribution in [2.75, 3.05) is 0 Å². The first-order valence-corrected chi connectivity index (χ1v) is 6.48. The van der Waals surface area contributed by atoms with Crippen LogP contribution in [0.2, 0.25) is 0 Å². The molecule has 0 radical (unpaired) electrons. The van der Waals surface area contributed by atoms with Crippen LogP contribution in [0.5, 0.6) is 0 Å². The van der Waals surface area contributed by atoms with Crippen LogP contribution in [0, 0.1) is 0 Å². The molecule has 1 heteroatoms. The van der Waals surface area contributed by atoms with Gasteiger partial charge in [-0.2, -0.15) is 12.6 Å². The highest BCUT2D eigenvalue weighted by Crippen LogP contribution is 2.35. The van der Waals surface area contributed by atoms with Crippen LogP contribution in [-0.2, 0) is 16.6 Å². The zero-order valence-electron chi connectivity index (χ0n) is 11.4. The fraction of sp³-hybridized carbons (Fsp3) is 0.600. The molecule has 0 saturated heterocycles. The van der Waals surface area contributed by atoms with Crippen molar-refractivity contribution in [1.29, 1.82) is 0 Å². The highest BCUT2D eigenvalue weighted by Gasteiger charge is 2.24. The maximum Gasteiger partial charge on any atom is 0.0324 e. The Morgan fingerprint density at radius 1 is 1.00 bits per heavy atom. The third kappa shape index (κ3) is 2.82. The van der Waals surface area contributed by atoms with E-state index in [1.54, 1.807) is 0 Å². The first-order chi connectivity index (χ1) is 7.18. The van der Waals surface area contributed by atoms with Crippen molar-refractivity contribution < 1.29 is 0 Å². The molecule has 0 N–H and O–H groups in total. The van der Waals surface area contributed by atoms with Gasteiger partial charge in [-0.15, -0.1) is 0 Å². The van der Waals surface area contributed by atoms with Crippen LogP contribution < -0.4 is 0 Å². The summed E-state index contributed by atoms with van der Waals surface area (Å²) in [6.45, 7) is 13.4. The van der Waals surface area contributed by atoms with Crippen molar-refractivity contribution in [2.24, 2.45) is 0 Å². The van der Waals surface area contributed by atoms with Crippen LogP contribution in [0.1, 0.15) is 58.2 Å². The van der Waals surface area contributed by atoms with E-state index in [0.29, 0.717) is 0 Å². The Morgan fingerprint density at radius 3 is 1.88 bits per heavy atom. The zero-order valence-corrected chi connectivity index (χ0v) is 12.3. The quantitative estimate of drug-likeness (QED) is 0.706. The molecule has 0 atom stereocenters. The molecule has 0 amide bonds. The van der Waals surface area contributed by atoms with E-state index in [9.17, 15) is 0 Å². The smallest absolute Gasteiger partial charge is 0.0324 e. The summed E-state index contributed by atoms with van der Waals surface area (Å²) >= 11 is 4.71. The van der Waals surface area contributed by atoms with Gasteiger partial charge in [-0.1, -0.05) is 45.9 Å². The standard InChI is InChI=1S/C15H24S/c1-7-11-12(14(2,3)4)9-8-10-13(11)15(5,6)16/h8-10,16H,7H2,1-6H3. The van der Waals surface area contributed by atoms with Crippen LogP contribution in [0.15, 0.2) is 18.2 Å². The third-order valence-electron chi connectivity index (χ3n) is 3.00. The molecule has 0 aromatic heterocycles. The van der Waals surface area contributed by atoms with Crippen molar-refractivity contribution in [3.8, 4) is 0 Å². The van der Waals surface area contributed by atoms with Gasteiger partial charge in [0.15, 0.2) is 0 Å². The zero-order chi connectivity index (χ0) is 12.6. The number of rotatable bonds is 2. The van der Waals surface area contributed by atoms with E-state index >= 15 is 0 Å². The van der Waals surface area contributed by atoms with Crippen LogP contribution >= 0.6 is 12.6 Å². The third-order valence-corrected chi connectivity index (χ3v) is 3.24. The molecule has 90 valence electrons. The van der Waals surface area contributed by atoms with E-state index in [-0.39, 0.29) is 10.2 Å². The summed E-state index contributed by atoms with van der Waals surface area (Å²) < 4.78 is -0.0629. The Hall–Kier alpha value is -0.430. The molecule has 0 aliphatic rings. The highest BCUT2D eigenvalue weighted by atomic mass is 32.1. The fourth-order valence-electron chi connectivity index (χ4n) is 2.24. The summed E-state index contributed by atoms with van der Waals surface area (Å²) in [6.07, 6.45) is 1.08. The van der Waals surface area contributed by atoms with E-state index in [4.69, 9.17) is 12.6 Å². The Morgan fingerprint density at radius 2 is 1.50 bits per heavy atom. The normalized spacial score (nSPS) is 12.9. The molecule has 0 fully saturated rings. The van der Waals surface area contributed by atoms with Crippen molar-refractivity contribution in [2.45, 2.75) is 58.1 Å². The van der Waals surface area contributed by atoms with Gasteiger partial charge in [0.2, 0.25) is 0 Å². The first kappa shape index (κ1) is 13.6. The predicted molar refractivity (Wildman–Crippen MR) is 76.5 cm³/mol. The van der Waals surface area contributed by atoms with Crippen molar-refractivity contribution >= 4 is 12.6 Å². The Bertz CT molecular complexity index is 332. The van der Waals surface area contributed by atoms with E-state index in [1.807, 2.05) is 0 Å². The average molecular weight is 236 g/mol. The molecular formula is C15H24S. The summed E-state index contributed by atoms with van der Waals surface area (Å²) in [5, 5.41) is 0. The molecular weight excluding hydrogens is 212 g/mol. The minimum Gasteiger partial charge on any atom is -0.168 e. The van der Waals surface area contributed by atoms with E-state index in [0.717, 1.165) is 6.42 Å². The molecule has 0 spiro atoms. The molecule has 1 aromatic carbocycles. The lowest BCUT2D eigenvalue weighted by molar-refractivity contribution is 0.579. The molecule has 0 nitrogen and oxygen atoms in total. The van der Waals surface area contributed by atoms with Crippen molar-refractivity contribution in [3.05, 3.63) is 34.9 Å². The lowest BCUT2D eigenvalue weighted by Gasteiger charge is -2.29. The summed E-state index contributed by atoms with van der Waals surface area (Å²) in [6, 6.07) is 6.62. The molecule has 0 heterocycles. The van der Waals surface area contributed by atoms with Gasteiger partial charge in [0, 0.05) is 4.75 Å². The van der Waals surface area contributed by atoms with Gasteiger partial charge < -0.3 is 0 Å². The highest BCUT2D eigenvalue weighted by molar-refractivity contribution is 7.81. The van der Waals surface area contributed by atoms with Crippen LogP contribution in [0.25, 0.3) is 0 Å². The molecule has 0 aliphatic carbocycles. The number of hydrogen-bond donors (Lipinski definition) is 1. The minimum absolute atomic E-state index is 0.0629. The SMILES string of the molecule is CCc1c(C(C)(C)C)cccc1C(C)(C)S. The van der Waals surface area contributed by atoms with Crippen LogP contribution in [0.4, 0.5) is 0 Å². The molecule has 0 aliphatic heterocycles. The largest absolute Gasteiger partial charge is 0.168 e. The predicted octanol–water partition coefficient (Wildman–Crippen LogP) is 4.71. The maximum absolute atomic E-state index is 4.71. The van der Waals surface area contributed by atoms with E-state index in [2.05, 4.69) is 59.7 Å². The molecule has 1 aromatic rings. The van der Waals surface area contributed by atoms with Gasteiger partial charge in [-0.25, -0.2) is 0 Å². The van der Waals surface area contributed by atoms with E-state index < -0.39 is 0 Å². The summed E-state index contributed by atoms with van der Waals surface area (Å²) in [5.74, 6) is 0. The fourth-order valence-corrected chi connectivity index (χ4v) is 2.45. The van der Waals surface area contributed by atoms with Gasteiger partial charge in [0.05, 0.1) is 0 Å². The second-order valence-electron chi connectivity index (χ2n) is 5.99. The average Bonchev–Trinajstić information content (AvgIpc) is 2.13. The molecule has 16 heavy (non-hydrogen) atoms. The molecule has 0 unspecified atom stereocenters. The second kappa shape index (κ2) is 4.44. The summed E-state index contributed by atoms with van der Waals surface area (Å²) in [7, 11) is 0. The Labute approximate surface area is 106 Å². The lowest BCUT2D eigenvalue weighted by atomic mass is 9.79. The van der Waals surface area contributed by atoms with Gasteiger partial charge in [0.25, 0.3) is 0 Å². The maximum atomic E-state index is 4.71.